The van der Waals surface area contributed by atoms with Crippen LogP contribution in [0.3, 0.4) is 0 Å². The summed E-state index contributed by atoms with van der Waals surface area (Å²) in [6.45, 7) is 29.6. The number of pyridine rings is 3. The fourth-order valence-electron chi connectivity index (χ4n) is 22.5. The number of halogens is 1. The number of nitrogens with one attached hydrogen (secondary N) is 3. The number of H-pyrrole nitrogens is 1. The molecule has 0 bridgehead atoms. The van der Waals surface area contributed by atoms with Gasteiger partial charge in [0.2, 0.25) is 0 Å². The highest BCUT2D eigenvalue weighted by Gasteiger charge is 2.54. The van der Waals surface area contributed by atoms with Gasteiger partial charge in [-0.1, -0.05) is 11.6 Å². The molecule has 0 aromatic carbocycles. The summed E-state index contributed by atoms with van der Waals surface area (Å²) in [6, 6.07) is 16.1. The van der Waals surface area contributed by atoms with Crippen LogP contribution in [0.1, 0.15) is 225 Å². The van der Waals surface area contributed by atoms with Gasteiger partial charge < -0.3 is 83.7 Å². The average Bonchev–Trinajstić information content (AvgIpc) is 1.58. The highest BCUT2D eigenvalue weighted by Crippen LogP contribution is 2.49. The summed E-state index contributed by atoms with van der Waals surface area (Å²) in [7, 11) is 0. The minimum Gasteiger partial charge on any atom is -0.444 e. The Bertz CT molecular complexity index is 6010. The number of alkyl carbamates (subject to hydrolysis) is 2. The van der Waals surface area contributed by atoms with Crippen molar-refractivity contribution in [3.63, 3.8) is 0 Å². The number of fused-ring (bicyclic) bond motifs is 6. The molecule has 0 saturated carbocycles. The number of nitrogens with two attached hydrogens (primary N) is 1. The van der Waals surface area contributed by atoms with Gasteiger partial charge in [0.15, 0.2) is 52.3 Å². The molecular weight excluding hydrogens is 1750 g/mol. The van der Waals surface area contributed by atoms with Crippen molar-refractivity contribution in [3.05, 3.63) is 113 Å². The van der Waals surface area contributed by atoms with Crippen LogP contribution in [0.15, 0.2) is 84.5 Å². The molecule has 0 radical (unpaired) electrons. The smallest absolute Gasteiger partial charge is 0.407 e. The summed E-state index contributed by atoms with van der Waals surface area (Å²) >= 11 is 6.24. The van der Waals surface area contributed by atoms with Crippen LogP contribution >= 0.6 is 11.6 Å². The van der Waals surface area contributed by atoms with Crippen molar-refractivity contribution in [2.24, 2.45) is 27.0 Å². The number of carbonyl (C=O) groups is 2. The molecule has 13 aliphatic rings. The fourth-order valence-corrected chi connectivity index (χ4v) is 22.7. The van der Waals surface area contributed by atoms with Gasteiger partial charge in [0.1, 0.15) is 51.4 Å². The first kappa shape index (κ1) is 91.5. The summed E-state index contributed by atoms with van der Waals surface area (Å²) in [5.41, 5.74) is 19.7. The number of hydrogen-bond donors (Lipinski definition) is 4. The van der Waals surface area contributed by atoms with Gasteiger partial charge >= 0.3 is 12.2 Å². The number of aryl methyl sites for hydroxylation is 3. The normalized spacial score (nSPS) is 25.2. The molecule has 5 N–H and O–H groups in total. The average molecular weight is 1880 g/mol. The van der Waals surface area contributed by atoms with Gasteiger partial charge in [-0.3, -0.25) is 10.1 Å². The maximum atomic E-state index is 12.8. The maximum Gasteiger partial charge on any atom is 0.407 e. The van der Waals surface area contributed by atoms with Gasteiger partial charge in [-0.2, -0.15) is 10.2 Å². The number of rotatable bonds is 12. The van der Waals surface area contributed by atoms with E-state index in [4.69, 9.17) is 115 Å². The number of aromatic amines is 1. The number of carbonyl (C=O) groups excluding carboxylic acids is 2. The zero-order chi connectivity index (χ0) is 93.4. The molecule has 136 heavy (non-hydrogen) atoms. The number of hydrogen-bond acceptors (Lipinski definition) is 31. The Morgan fingerprint density at radius 2 is 0.941 bits per heavy atom. The third kappa shape index (κ3) is 18.4. The van der Waals surface area contributed by atoms with Crippen LogP contribution < -0.4 is 45.8 Å². The number of ether oxygens (including phenoxy) is 8. The lowest BCUT2D eigenvalue weighted by Gasteiger charge is -2.42. The first-order valence-electron chi connectivity index (χ1n) is 49.5. The van der Waals surface area contributed by atoms with E-state index >= 15 is 0 Å². The molecule has 38 heteroatoms. The number of amidine groups is 1. The fraction of sp³-hybridized carbons (Fsp3) is 0.612. The van der Waals surface area contributed by atoms with Crippen LogP contribution in [-0.4, -0.2) is 249 Å². The summed E-state index contributed by atoms with van der Waals surface area (Å²) < 4.78 is 53.6. The Hall–Kier alpha value is -10.9. The lowest BCUT2D eigenvalue weighted by atomic mass is 9.73. The second-order valence-electron chi connectivity index (χ2n) is 41.2. The highest BCUT2D eigenvalue weighted by molar-refractivity contribution is 6.29. The van der Waals surface area contributed by atoms with Crippen molar-refractivity contribution in [2.45, 2.75) is 270 Å². The van der Waals surface area contributed by atoms with Gasteiger partial charge in [0.25, 0.3) is 0 Å². The SMILES string of the molecule is C[C@@H]1OCC2(CCN(c3cnc4c(N5CCCc6nc(-c7ccn(C8CCCCO8)n7)ccc65)nn(C5CCCCO5)c4n3)CC2)[C@@H]1NC(=O)OC(C)(C)C.C[C@@H]1OCC2(CCN(c3cnc4c(N5CCCc6nc(Cl)ccc65)nn(C5CCCCO5)c4n3)CC2)[C@@H]1NC(=O)OC(C)(C)C.C[C@@H]1OCC2(CCN(c3cnc4c(n3)CN=C4N3CCCc4nc(-c5ccn[nH]5)ccc43)CC2)[C@@H]1N. The van der Waals surface area contributed by atoms with E-state index in [2.05, 4.69) is 80.3 Å². The topological polar surface area (TPSA) is 388 Å². The van der Waals surface area contributed by atoms with Crippen LogP contribution in [0, 0.1) is 16.2 Å². The van der Waals surface area contributed by atoms with Crippen LogP contribution in [0.25, 0.3) is 45.1 Å². The number of nitrogens with zero attached hydrogens (tertiary/aromatic N) is 23. The van der Waals surface area contributed by atoms with Crippen molar-refractivity contribution in [1.82, 2.24) is 95.0 Å². The Labute approximate surface area is 797 Å². The Balaban J connectivity index is 0.000000125. The monoisotopic (exact) mass is 1880 g/mol. The molecule has 3 unspecified atom stereocenters. The van der Waals surface area contributed by atoms with Gasteiger partial charge in [0.05, 0.1) is 132 Å². The second kappa shape index (κ2) is 37.8. The summed E-state index contributed by atoms with van der Waals surface area (Å²) in [6.07, 6.45) is 28.5. The molecule has 23 heterocycles. The first-order chi connectivity index (χ1) is 65.8. The molecule has 10 aromatic heterocycles. The molecule has 9 fully saturated rings. The predicted octanol–water partition coefficient (Wildman–Crippen LogP) is 14.3. The first-order valence-corrected chi connectivity index (χ1v) is 49.9. The van der Waals surface area contributed by atoms with E-state index in [0.717, 1.165) is 333 Å². The third-order valence-corrected chi connectivity index (χ3v) is 30.1. The lowest BCUT2D eigenvalue weighted by Crippen LogP contribution is -2.55. The molecule has 9 saturated heterocycles. The standard InChI is InChI=1S/C40H54N10O5.C32H43ClN8O4.C26H31N9O/c1-26-35(44-38(51)55-39(2,3)4)40(25-54-26)16-20-47(21-17-40)31-24-41-34-36(43-31)50(33-12-6-8-23-53-33)46-37(34)48-18-9-10-29-30(48)14-13-27(42-29)28-15-19-49(45-28)32-11-5-7-22-52-32;1-20-27(37-30(42)45-31(2,3)4)32(19-44-20)12-15-39(16-13-32)24-18-34-26-28(36-24)41(25-9-5-6-17-43-25)38-29(26)40-14-7-8-21-22(40)10-11-23(33)35-21;1-16-24(27)26(15-36-16)7-11-34(12-8-26)22-14-28-23-20(32-22)13-29-25(23)35-10-2-3-19-21(35)5-4-17(31-19)18-6-9-30-33-18/h13-15,19,24,26,32-33,35H,5-12,16-18,20-23,25H2,1-4H3,(H,44,51);10-11,18,20,25,27H,5-9,12-17,19H2,1-4H3,(H,37,42);4-6,9,14,16,24H,2-3,7-8,10-13,15,27H2,1H3,(H,30,33)/t26-,32?,33?,35+;20-,25?,27+;16-,24+/m000/s1. The molecule has 3 spiro atoms. The minimum absolute atomic E-state index is 0.00785. The van der Waals surface area contributed by atoms with Gasteiger partial charge in [-0.05, 0) is 246 Å². The number of amides is 2. The van der Waals surface area contributed by atoms with Gasteiger partial charge in [-0.15, -0.1) is 10.2 Å². The molecular formula is C98H128ClN27O10. The number of piperidine rings is 3. The second-order valence-corrected chi connectivity index (χ2v) is 41.6. The third-order valence-electron chi connectivity index (χ3n) is 29.9. The van der Waals surface area contributed by atoms with E-state index in [0.29, 0.717) is 38.1 Å². The molecule has 0 aliphatic carbocycles. The quantitative estimate of drug-likeness (QED) is 0.0825. The Kier molecular flexibility index (Phi) is 25.4. The van der Waals surface area contributed by atoms with E-state index in [-0.39, 0.29) is 71.4 Å². The maximum absolute atomic E-state index is 12.8. The Morgan fingerprint density at radius 3 is 1.44 bits per heavy atom. The van der Waals surface area contributed by atoms with Gasteiger partial charge in [0, 0.05) is 113 Å². The van der Waals surface area contributed by atoms with Crippen LogP contribution in [0.4, 0.5) is 55.7 Å². The van der Waals surface area contributed by atoms with Crippen molar-refractivity contribution in [2.75, 3.05) is 128 Å². The van der Waals surface area contributed by atoms with E-state index in [1.807, 2.05) is 125 Å². The zero-order valence-electron chi connectivity index (χ0n) is 79.7. The number of anilines is 8. The summed E-state index contributed by atoms with van der Waals surface area (Å²) in [5.74, 6) is 5.03. The highest BCUT2D eigenvalue weighted by atomic mass is 35.5. The minimum atomic E-state index is -0.566. The number of aromatic nitrogens is 17. The summed E-state index contributed by atoms with van der Waals surface area (Å²) in [4.78, 5) is 89.1. The molecule has 9 atom stereocenters. The van der Waals surface area contributed by atoms with Crippen molar-refractivity contribution in [3.8, 4) is 22.8 Å². The van der Waals surface area contributed by atoms with E-state index < -0.39 is 23.4 Å². The van der Waals surface area contributed by atoms with E-state index in [9.17, 15) is 9.59 Å². The zero-order valence-corrected chi connectivity index (χ0v) is 80.4. The molecule has 10 aromatic rings. The van der Waals surface area contributed by atoms with Crippen molar-refractivity contribution in [1.29, 1.82) is 0 Å². The molecule has 722 valence electrons. The van der Waals surface area contributed by atoms with Gasteiger partial charge in [-0.25, -0.2) is 68.5 Å². The lowest BCUT2D eigenvalue weighted by molar-refractivity contribution is -0.0393. The predicted molar refractivity (Wildman–Crippen MR) is 514 cm³/mol. The van der Waals surface area contributed by atoms with Crippen LogP contribution in [0.5, 0.6) is 0 Å². The van der Waals surface area contributed by atoms with Crippen molar-refractivity contribution >= 4 is 98.1 Å². The molecule has 23 rings (SSSR count). The summed E-state index contributed by atoms with van der Waals surface area (Å²) in [5, 5.41) is 29.1. The molecule has 13 aliphatic heterocycles. The van der Waals surface area contributed by atoms with E-state index in [1.165, 1.54) is 0 Å². The van der Waals surface area contributed by atoms with Crippen LogP contribution in [-0.2, 0) is 63.7 Å². The molecule has 2 amide bonds. The van der Waals surface area contributed by atoms with E-state index in [1.54, 1.807) is 6.20 Å². The molecule has 37 nitrogen and oxygen atoms in total. The number of aliphatic imine (C=N–C) groups is 1. The Morgan fingerprint density at radius 1 is 0.478 bits per heavy atom. The van der Waals surface area contributed by atoms with Crippen LogP contribution in [0.2, 0.25) is 5.15 Å². The van der Waals surface area contributed by atoms with Crippen molar-refractivity contribution < 1.29 is 47.5 Å². The largest absolute Gasteiger partial charge is 0.444 e.